The van der Waals surface area contributed by atoms with Gasteiger partial charge in [-0.3, -0.25) is 9.59 Å². The van der Waals surface area contributed by atoms with Crippen LogP contribution in [-0.2, 0) is 22.6 Å². The quantitative estimate of drug-likeness (QED) is 0.779. The minimum atomic E-state index is -0.551. The lowest BCUT2D eigenvalue weighted by molar-refractivity contribution is -0.140. The lowest BCUT2D eigenvalue weighted by Crippen LogP contribution is -2.48. The van der Waals surface area contributed by atoms with E-state index in [1.165, 1.54) is 0 Å². The molecule has 0 saturated heterocycles. The largest absolute Gasteiger partial charge is 0.497 e. The summed E-state index contributed by atoms with van der Waals surface area (Å²) in [5, 5.41) is 2.80. The molecule has 2 amide bonds. The van der Waals surface area contributed by atoms with Gasteiger partial charge in [0.15, 0.2) is 0 Å². The summed E-state index contributed by atoms with van der Waals surface area (Å²) < 4.78 is 5.18. The van der Waals surface area contributed by atoms with Crippen LogP contribution in [0.4, 0.5) is 0 Å². The molecule has 0 aliphatic rings. The van der Waals surface area contributed by atoms with E-state index in [4.69, 9.17) is 4.74 Å². The van der Waals surface area contributed by atoms with Crippen molar-refractivity contribution in [3.63, 3.8) is 0 Å². The third-order valence-electron chi connectivity index (χ3n) is 4.51. The molecule has 0 aromatic heterocycles. The number of nitrogens with one attached hydrogen (secondary N) is 1. The number of methoxy groups -OCH3 is 1. The van der Waals surface area contributed by atoms with Crippen molar-refractivity contribution in [2.45, 2.75) is 39.8 Å². The van der Waals surface area contributed by atoms with Gasteiger partial charge in [-0.1, -0.05) is 42.0 Å². The number of benzene rings is 2. The maximum Gasteiger partial charge on any atom is 0.242 e. The van der Waals surface area contributed by atoms with Gasteiger partial charge in [-0.15, -0.1) is 0 Å². The molecular formula is C22H28N2O3. The van der Waals surface area contributed by atoms with Crippen LogP contribution < -0.4 is 10.1 Å². The number of ether oxygens (including phenoxy) is 1. The molecule has 0 heterocycles. The number of aryl methyl sites for hydroxylation is 1. The number of carbonyl (C=O) groups excluding carboxylic acids is 2. The number of amides is 2. The van der Waals surface area contributed by atoms with Crippen molar-refractivity contribution in [1.82, 2.24) is 10.2 Å². The molecule has 0 unspecified atom stereocenters. The minimum Gasteiger partial charge on any atom is -0.497 e. The predicted octanol–water partition coefficient (Wildman–Crippen LogP) is 3.10. The number of nitrogens with zero attached hydrogens (tertiary/aromatic N) is 1. The van der Waals surface area contributed by atoms with Crippen molar-refractivity contribution in [3.8, 4) is 5.75 Å². The molecule has 144 valence electrons. The Kier molecular flexibility index (Phi) is 7.41. The van der Waals surface area contributed by atoms with Crippen LogP contribution in [0.1, 0.15) is 30.5 Å². The molecular weight excluding hydrogens is 340 g/mol. The highest BCUT2D eigenvalue weighted by molar-refractivity contribution is 5.88. The molecule has 0 radical (unpaired) electrons. The van der Waals surface area contributed by atoms with E-state index in [-0.39, 0.29) is 18.2 Å². The summed E-state index contributed by atoms with van der Waals surface area (Å²) in [6.45, 7) is 6.55. The molecule has 2 aromatic rings. The summed E-state index contributed by atoms with van der Waals surface area (Å²) in [4.78, 5) is 27.0. The maximum absolute atomic E-state index is 13.0. The Balaban J connectivity index is 2.20. The molecule has 1 atom stereocenters. The molecule has 5 heteroatoms. The fourth-order valence-corrected chi connectivity index (χ4v) is 2.81. The Labute approximate surface area is 161 Å². The van der Waals surface area contributed by atoms with Gasteiger partial charge in [-0.2, -0.15) is 0 Å². The normalized spacial score (nSPS) is 11.6. The van der Waals surface area contributed by atoms with E-state index in [0.29, 0.717) is 13.1 Å². The SMILES string of the molecule is CCNC(=O)[C@H](C)N(Cc1ccc(OC)cc1)C(=O)Cc1ccc(C)cc1. The molecule has 0 aliphatic heterocycles. The van der Waals surface area contributed by atoms with Crippen molar-refractivity contribution >= 4 is 11.8 Å². The fraction of sp³-hybridized carbons (Fsp3) is 0.364. The summed E-state index contributed by atoms with van der Waals surface area (Å²) in [5.74, 6) is 0.532. The molecule has 0 bridgehead atoms. The van der Waals surface area contributed by atoms with Gasteiger partial charge in [0, 0.05) is 13.1 Å². The highest BCUT2D eigenvalue weighted by atomic mass is 16.5. The topological polar surface area (TPSA) is 58.6 Å². The van der Waals surface area contributed by atoms with Crippen LogP contribution >= 0.6 is 0 Å². The molecule has 0 fully saturated rings. The highest BCUT2D eigenvalue weighted by Gasteiger charge is 2.25. The Morgan fingerprint density at radius 1 is 1.04 bits per heavy atom. The second-order valence-corrected chi connectivity index (χ2v) is 6.60. The van der Waals surface area contributed by atoms with Crippen LogP contribution in [0.3, 0.4) is 0 Å². The number of hydrogen-bond donors (Lipinski definition) is 1. The number of carbonyl (C=O) groups is 2. The summed E-state index contributed by atoms with van der Waals surface area (Å²) >= 11 is 0. The highest BCUT2D eigenvalue weighted by Crippen LogP contribution is 2.16. The monoisotopic (exact) mass is 368 g/mol. The van der Waals surface area contributed by atoms with E-state index < -0.39 is 6.04 Å². The molecule has 0 aliphatic carbocycles. The molecule has 5 nitrogen and oxygen atoms in total. The van der Waals surface area contributed by atoms with E-state index in [1.54, 1.807) is 18.9 Å². The lowest BCUT2D eigenvalue weighted by atomic mass is 10.1. The smallest absolute Gasteiger partial charge is 0.242 e. The molecule has 2 rings (SSSR count). The molecule has 0 saturated carbocycles. The van der Waals surface area contributed by atoms with Gasteiger partial charge in [0.2, 0.25) is 11.8 Å². The number of hydrogen-bond acceptors (Lipinski definition) is 3. The fourth-order valence-electron chi connectivity index (χ4n) is 2.81. The van der Waals surface area contributed by atoms with Crippen molar-refractivity contribution in [2.24, 2.45) is 0 Å². The van der Waals surface area contributed by atoms with Gasteiger partial charge in [-0.25, -0.2) is 0 Å². The third-order valence-corrected chi connectivity index (χ3v) is 4.51. The van der Waals surface area contributed by atoms with E-state index in [0.717, 1.165) is 22.4 Å². The zero-order chi connectivity index (χ0) is 19.8. The van der Waals surface area contributed by atoms with Gasteiger partial charge in [0.05, 0.1) is 13.5 Å². The van der Waals surface area contributed by atoms with E-state index in [1.807, 2.05) is 62.4 Å². The second kappa shape index (κ2) is 9.76. The number of likely N-dealkylation sites (N-methyl/N-ethyl adjacent to an activating group) is 1. The first-order valence-electron chi connectivity index (χ1n) is 9.20. The first-order chi connectivity index (χ1) is 12.9. The predicted molar refractivity (Wildman–Crippen MR) is 107 cm³/mol. The molecule has 1 N–H and O–H groups in total. The van der Waals surface area contributed by atoms with Crippen molar-refractivity contribution < 1.29 is 14.3 Å². The van der Waals surface area contributed by atoms with Crippen LogP contribution in [-0.4, -0.2) is 36.4 Å². The van der Waals surface area contributed by atoms with Gasteiger partial charge in [0.25, 0.3) is 0 Å². The van der Waals surface area contributed by atoms with Gasteiger partial charge < -0.3 is 15.0 Å². The maximum atomic E-state index is 13.0. The third kappa shape index (κ3) is 5.84. The van der Waals surface area contributed by atoms with E-state index >= 15 is 0 Å². The lowest BCUT2D eigenvalue weighted by Gasteiger charge is -2.29. The number of rotatable bonds is 8. The molecule has 0 spiro atoms. The van der Waals surface area contributed by atoms with E-state index in [2.05, 4.69) is 5.32 Å². The summed E-state index contributed by atoms with van der Waals surface area (Å²) in [5.41, 5.74) is 3.04. The Morgan fingerprint density at radius 3 is 2.19 bits per heavy atom. The average molecular weight is 368 g/mol. The standard InChI is InChI=1S/C22H28N2O3/c1-5-23-22(26)17(3)24(15-19-10-12-20(27-4)13-11-19)21(25)14-18-8-6-16(2)7-9-18/h6-13,17H,5,14-15H2,1-4H3,(H,23,26)/t17-/m0/s1. The van der Waals surface area contributed by atoms with Crippen LogP contribution in [0, 0.1) is 6.92 Å². The van der Waals surface area contributed by atoms with E-state index in [9.17, 15) is 9.59 Å². The van der Waals surface area contributed by atoms with Crippen LogP contribution in [0.2, 0.25) is 0 Å². The Bertz CT molecular complexity index is 754. The minimum absolute atomic E-state index is 0.0755. The van der Waals surface area contributed by atoms with Crippen LogP contribution in [0.15, 0.2) is 48.5 Å². The van der Waals surface area contributed by atoms with Crippen molar-refractivity contribution in [3.05, 3.63) is 65.2 Å². The second-order valence-electron chi connectivity index (χ2n) is 6.60. The Morgan fingerprint density at radius 2 is 1.63 bits per heavy atom. The zero-order valence-corrected chi connectivity index (χ0v) is 16.5. The van der Waals surface area contributed by atoms with Gasteiger partial charge in [-0.05, 0) is 44.0 Å². The first kappa shape index (κ1) is 20.5. The van der Waals surface area contributed by atoms with Crippen molar-refractivity contribution in [2.75, 3.05) is 13.7 Å². The molecule has 27 heavy (non-hydrogen) atoms. The summed E-state index contributed by atoms with van der Waals surface area (Å²) in [6, 6.07) is 14.9. The first-order valence-corrected chi connectivity index (χ1v) is 9.20. The summed E-state index contributed by atoms with van der Waals surface area (Å²) in [7, 11) is 1.61. The zero-order valence-electron chi connectivity index (χ0n) is 16.5. The van der Waals surface area contributed by atoms with Crippen molar-refractivity contribution in [1.29, 1.82) is 0 Å². The average Bonchev–Trinajstić information content (AvgIpc) is 2.68. The van der Waals surface area contributed by atoms with Crippen LogP contribution in [0.25, 0.3) is 0 Å². The van der Waals surface area contributed by atoms with Gasteiger partial charge in [0.1, 0.15) is 11.8 Å². The Hall–Kier alpha value is -2.82. The molecule has 2 aromatic carbocycles. The van der Waals surface area contributed by atoms with Gasteiger partial charge >= 0.3 is 0 Å². The summed E-state index contributed by atoms with van der Waals surface area (Å²) in [6.07, 6.45) is 0.264. The van der Waals surface area contributed by atoms with Crippen LogP contribution in [0.5, 0.6) is 5.75 Å².